The van der Waals surface area contributed by atoms with Crippen LogP contribution in [0.3, 0.4) is 0 Å². The Bertz CT molecular complexity index is 233. The SMILES string of the molecule is C/C(=C/[C@@]1(CO)C=CCO1)CCCO. The Balaban J connectivity index is 2.58. The second-order valence-corrected chi connectivity index (χ2v) is 3.64. The van der Waals surface area contributed by atoms with Gasteiger partial charge in [-0.25, -0.2) is 0 Å². The van der Waals surface area contributed by atoms with Gasteiger partial charge < -0.3 is 14.9 Å². The fourth-order valence-electron chi connectivity index (χ4n) is 1.58. The highest BCUT2D eigenvalue weighted by molar-refractivity contribution is 5.22. The molecule has 2 N–H and O–H groups in total. The molecular formula is C11H18O3. The number of hydrogen-bond donors (Lipinski definition) is 2. The molecule has 1 rings (SSSR count). The first-order valence-corrected chi connectivity index (χ1v) is 4.94. The topological polar surface area (TPSA) is 49.7 Å². The Labute approximate surface area is 84.7 Å². The van der Waals surface area contributed by atoms with E-state index in [0.29, 0.717) is 6.61 Å². The van der Waals surface area contributed by atoms with E-state index >= 15 is 0 Å². The summed E-state index contributed by atoms with van der Waals surface area (Å²) < 4.78 is 5.44. The highest BCUT2D eigenvalue weighted by Gasteiger charge is 2.27. The molecule has 0 amide bonds. The van der Waals surface area contributed by atoms with E-state index in [1.54, 1.807) is 0 Å². The molecule has 0 aliphatic carbocycles. The van der Waals surface area contributed by atoms with E-state index < -0.39 is 5.60 Å². The molecule has 0 aromatic rings. The van der Waals surface area contributed by atoms with E-state index in [1.165, 1.54) is 0 Å². The molecule has 14 heavy (non-hydrogen) atoms. The summed E-state index contributed by atoms with van der Waals surface area (Å²) in [5, 5.41) is 17.9. The molecule has 0 aromatic heterocycles. The summed E-state index contributed by atoms with van der Waals surface area (Å²) in [5.74, 6) is 0. The van der Waals surface area contributed by atoms with Crippen LogP contribution >= 0.6 is 0 Å². The average molecular weight is 198 g/mol. The largest absolute Gasteiger partial charge is 0.396 e. The van der Waals surface area contributed by atoms with Crippen LogP contribution in [0.25, 0.3) is 0 Å². The van der Waals surface area contributed by atoms with Crippen molar-refractivity contribution in [3.63, 3.8) is 0 Å². The van der Waals surface area contributed by atoms with E-state index in [4.69, 9.17) is 9.84 Å². The van der Waals surface area contributed by atoms with Gasteiger partial charge >= 0.3 is 0 Å². The third-order valence-electron chi connectivity index (χ3n) is 2.32. The Morgan fingerprint density at radius 3 is 2.86 bits per heavy atom. The molecule has 0 unspecified atom stereocenters. The minimum absolute atomic E-state index is 0.0278. The van der Waals surface area contributed by atoms with E-state index in [0.717, 1.165) is 18.4 Å². The summed E-state index contributed by atoms with van der Waals surface area (Å²) in [5.41, 5.74) is 0.527. The Morgan fingerprint density at radius 1 is 1.57 bits per heavy atom. The Hall–Kier alpha value is -0.640. The van der Waals surface area contributed by atoms with Gasteiger partial charge in [0.1, 0.15) is 5.60 Å². The standard InChI is InChI=1S/C11H18O3/c1-10(4-2-6-12)8-11(9-13)5-3-7-14-11/h3,5,8,12-13H,2,4,6-7,9H2,1H3/b10-8-/t11-/m1/s1. The molecule has 0 fully saturated rings. The lowest BCUT2D eigenvalue weighted by Gasteiger charge is -2.21. The van der Waals surface area contributed by atoms with Crippen molar-refractivity contribution in [2.24, 2.45) is 0 Å². The highest BCUT2D eigenvalue weighted by atomic mass is 16.5. The third kappa shape index (κ3) is 2.94. The van der Waals surface area contributed by atoms with E-state index in [2.05, 4.69) is 0 Å². The molecule has 1 aliphatic rings. The van der Waals surface area contributed by atoms with Gasteiger partial charge in [-0.3, -0.25) is 0 Å². The predicted molar refractivity (Wildman–Crippen MR) is 55.0 cm³/mol. The molecule has 3 heteroatoms. The first-order valence-electron chi connectivity index (χ1n) is 4.94. The zero-order chi connectivity index (χ0) is 10.4. The first kappa shape index (κ1) is 11.4. The monoisotopic (exact) mass is 198 g/mol. The van der Waals surface area contributed by atoms with Gasteiger partial charge in [-0.15, -0.1) is 0 Å². The fraction of sp³-hybridized carbons (Fsp3) is 0.636. The minimum atomic E-state index is -0.612. The van der Waals surface area contributed by atoms with Crippen molar-refractivity contribution in [2.45, 2.75) is 25.4 Å². The molecular weight excluding hydrogens is 180 g/mol. The fourth-order valence-corrected chi connectivity index (χ4v) is 1.58. The second-order valence-electron chi connectivity index (χ2n) is 3.64. The molecule has 1 heterocycles. The van der Waals surface area contributed by atoms with Gasteiger partial charge in [0.2, 0.25) is 0 Å². The first-order chi connectivity index (χ1) is 6.72. The summed E-state index contributed by atoms with van der Waals surface area (Å²) in [6.07, 6.45) is 7.33. The maximum atomic E-state index is 9.22. The van der Waals surface area contributed by atoms with Crippen LogP contribution in [0.1, 0.15) is 19.8 Å². The van der Waals surface area contributed by atoms with Gasteiger partial charge in [0.25, 0.3) is 0 Å². The molecule has 0 radical (unpaired) electrons. The van der Waals surface area contributed by atoms with Gasteiger partial charge in [0.05, 0.1) is 13.2 Å². The van der Waals surface area contributed by atoms with Crippen LogP contribution in [-0.2, 0) is 4.74 Å². The van der Waals surface area contributed by atoms with Gasteiger partial charge in [0.15, 0.2) is 0 Å². The molecule has 0 saturated heterocycles. The predicted octanol–water partition coefficient (Wildman–Crippen LogP) is 1.02. The molecule has 0 bridgehead atoms. The zero-order valence-corrected chi connectivity index (χ0v) is 8.57. The lowest BCUT2D eigenvalue weighted by molar-refractivity contribution is 0.0172. The summed E-state index contributed by atoms with van der Waals surface area (Å²) in [7, 11) is 0. The Kier molecular flexibility index (Phi) is 4.32. The van der Waals surface area contributed by atoms with Gasteiger partial charge in [-0.2, -0.15) is 0 Å². The summed E-state index contributed by atoms with van der Waals surface area (Å²) in [6.45, 7) is 2.72. The van der Waals surface area contributed by atoms with Gasteiger partial charge in [-0.1, -0.05) is 11.6 Å². The van der Waals surface area contributed by atoms with Crippen LogP contribution in [0.15, 0.2) is 23.8 Å². The lowest BCUT2D eigenvalue weighted by atomic mass is 10.0. The van der Waals surface area contributed by atoms with Crippen molar-refractivity contribution in [3.05, 3.63) is 23.8 Å². The third-order valence-corrected chi connectivity index (χ3v) is 2.32. The molecule has 0 saturated carbocycles. The van der Waals surface area contributed by atoms with Crippen molar-refractivity contribution >= 4 is 0 Å². The van der Waals surface area contributed by atoms with Crippen LogP contribution in [0.4, 0.5) is 0 Å². The van der Waals surface area contributed by atoms with Gasteiger partial charge in [0, 0.05) is 6.61 Å². The van der Waals surface area contributed by atoms with E-state index in [-0.39, 0.29) is 13.2 Å². The second kappa shape index (κ2) is 5.29. The van der Waals surface area contributed by atoms with Crippen molar-refractivity contribution in [2.75, 3.05) is 19.8 Å². The molecule has 0 spiro atoms. The maximum absolute atomic E-state index is 9.22. The average Bonchev–Trinajstić information content (AvgIpc) is 2.64. The minimum Gasteiger partial charge on any atom is -0.396 e. The van der Waals surface area contributed by atoms with Crippen LogP contribution in [0.2, 0.25) is 0 Å². The number of hydrogen-bond acceptors (Lipinski definition) is 3. The van der Waals surface area contributed by atoms with Crippen molar-refractivity contribution in [1.82, 2.24) is 0 Å². The number of allylic oxidation sites excluding steroid dienone is 1. The molecule has 1 aliphatic heterocycles. The number of rotatable bonds is 5. The van der Waals surface area contributed by atoms with E-state index in [9.17, 15) is 5.11 Å². The van der Waals surface area contributed by atoms with Crippen LogP contribution in [-0.4, -0.2) is 35.6 Å². The summed E-state index contributed by atoms with van der Waals surface area (Å²) >= 11 is 0. The van der Waals surface area contributed by atoms with Crippen molar-refractivity contribution in [3.8, 4) is 0 Å². The number of ether oxygens (including phenoxy) is 1. The molecule has 3 nitrogen and oxygen atoms in total. The van der Waals surface area contributed by atoms with Crippen LogP contribution in [0.5, 0.6) is 0 Å². The van der Waals surface area contributed by atoms with Crippen molar-refractivity contribution < 1.29 is 14.9 Å². The summed E-state index contributed by atoms with van der Waals surface area (Å²) in [4.78, 5) is 0. The van der Waals surface area contributed by atoms with Crippen LogP contribution in [0, 0.1) is 0 Å². The van der Waals surface area contributed by atoms with Crippen LogP contribution < -0.4 is 0 Å². The normalized spacial score (nSPS) is 27.2. The number of aliphatic hydroxyl groups is 2. The van der Waals surface area contributed by atoms with Gasteiger partial charge in [-0.05, 0) is 31.9 Å². The van der Waals surface area contributed by atoms with Crippen molar-refractivity contribution in [1.29, 1.82) is 0 Å². The quantitative estimate of drug-likeness (QED) is 0.648. The maximum Gasteiger partial charge on any atom is 0.128 e. The smallest absolute Gasteiger partial charge is 0.128 e. The molecule has 80 valence electrons. The zero-order valence-electron chi connectivity index (χ0n) is 8.57. The lowest BCUT2D eigenvalue weighted by Crippen LogP contribution is -2.29. The summed E-state index contributed by atoms with van der Waals surface area (Å²) in [6, 6.07) is 0. The molecule has 0 aromatic carbocycles. The van der Waals surface area contributed by atoms with E-state index in [1.807, 2.05) is 25.2 Å². The highest BCUT2D eigenvalue weighted by Crippen LogP contribution is 2.22. The number of aliphatic hydroxyl groups excluding tert-OH is 2. The Morgan fingerprint density at radius 2 is 2.36 bits per heavy atom. The molecule has 1 atom stereocenters.